The minimum Gasteiger partial charge on any atom is -0.359 e. The van der Waals surface area contributed by atoms with Gasteiger partial charge in [-0.05, 0) is 47.2 Å². The van der Waals surface area contributed by atoms with E-state index in [2.05, 4.69) is 10.4 Å². The summed E-state index contributed by atoms with van der Waals surface area (Å²) in [6.07, 6.45) is -2.55. The Hall–Kier alpha value is -2.97. The summed E-state index contributed by atoms with van der Waals surface area (Å²) in [6, 6.07) is 7.75. The van der Waals surface area contributed by atoms with Gasteiger partial charge in [-0.1, -0.05) is 18.2 Å². The molecule has 4 rings (SSSR count). The molecule has 0 bridgehead atoms. The number of nitrogens with zero attached hydrogens (tertiary/aromatic N) is 2. The molecule has 1 aliphatic rings. The number of rotatable bonds is 4. The second-order valence-corrected chi connectivity index (χ2v) is 7.00. The van der Waals surface area contributed by atoms with Crippen LogP contribution in [0.3, 0.4) is 0 Å². The van der Waals surface area contributed by atoms with E-state index >= 15 is 0 Å². The third-order valence-corrected chi connectivity index (χ3v) is 5.25. The van der Waals surface area contributed by atoms with Crippen molar-refractivity contribution in [2.24, 2.45) is 5.92 Å². The molecule has 0 saturated heterocycles. The van der Waals surface area contributed by atoms with Crippen LogP contribution >= 0.6 is 0 Å². The molecular formula is C20H16F5N3O. The summed E-state index contributed by atoms with van der Waals surface area (Å²) >= 11 is 0. The molecule has 1 aliphatic carbocycles. The third kappa shape index (κ3) is 3.45. The van der Waals surface area contributed by atoms with E-state index in [1.165, 1.54) is 31.4 Å². The van der Waals surface area contributed by atoms with E-state index in [9.17, 15) is 26.7 Å². The summed E-state index contributed by atoms with van der Waals surface area (Å²) in [4.78, 5) is 11.9. The summed E-state index contributed by atoms with van der Waals surface area (Å²) in [7, 11) is 1.53. The summed E-state index contributed by atoms with van der Waals surface area (Å²) in [5.41, 5.74) is 1.03. The highest BCUT2D eigenvalue weighted by molar-refractivity contribution is 5.91. The van der Waals surface area contributed by atoms with Gasteiger partial charge in [-0.2, -0.15) is 27.1 Å². The molecule has 152 valence electrons. The van der Waals surface area contributed by atoms with Gasteiger partial charge in [-0.3, -0.25) is 4.79 Å². The van der Waals surface area contributed by atoms with Crippen LogP contribution in [0.15, 0.2) is 42.6 Å². The Balaban J connectivity index is 1.82. The molecule has 4 nitrogen and oxygen atoms in total. The van der Waals surface area contributed by atoms with Crippen molar-refractivity contribution in [3.8, 4) is 11.1 Å². The number of alkyl halides is 5. The van der Waals surface area contributed by atoms with Crippen molar-refractivity contribution in [1.82, 2.24) is 15.1 Å². The molecule has 1 saturated carbocycles. The number of halogens is 5. The second kappa shape index (κ2) is 6.82. The predicted molar refractivity (Wildman–Crippen MR) is 96.3 cm³/mol. The predicted octanol–water partition coefficient (Wildman–Crippen LogP) is 4.97. The topological polar surface area (TPSA) is 46.9 Å². The van der Waals surface area contributed by atoms with Gasteiger partial charge in [0.15, 0.2) is 0 Å². The molecule has 3 aromatic rings. The molecule has 0 spiro atoms. The first kappa shape index (κ1) is 19.4. The van der Waals surface area contributed by atoms with Crippen LogP contribution in [0.2, 0.25) is 0 Å². The minimum atomic E-state index is -4.46. The van der Waals surface area contributed by atoms with Crippen LogP contribution in [0.25, 0.3) is 22.0 Å². The van der Waals surface area contributed by atoms with Crippen LogP contribution in [0, 0.1) is 5.92 Å². The standard InChI is InChI=1S/C20H16F5N3O/c1-26-18(29)15-8-14(15)13-6-11(7-17-16(13)9-27-28(17)19(21)22)10-2-4-12(5-3-10)20(23,24)25/h2-7,9,14-15,19H,8H2,1H3,(H,26,29)/t14?,15-/m1/s1. The molecule has 1 N–H and O–H groups in total. The van der Waals surface area contributed by atoms with E-state index in [1.54, 1.807) is 6.07 Å². The van der Waals surface area contributed by atoms with Crippen molar-refractivity contribution in [3.63, 3.8) is 0 Å². The Bertz CT molecular complexity index is 1070. The van der Waals surface area contributed by atoms with Crippen LogP contribution in [-0.4, -0.2) is 22.7 Å². The summed E-state index contributed by atoms with van der Waals surface area (Å²) in [5, 5.41) is 6.84. The smallest absolute Gasteiger partial charge is 0.359 e. The van der Waals surface area contributed by atoms with E-state index in [4.69, 9.17) is 0 Å². The molecule has 1 fully saturated rings. The van der Waals surface area contributed by atoms with Crippen LogP contribution in [0.4, 0.5) is 22.0 Å². The Morgan fingerprint density at radius 3 is 2.45 bits per heavy atom. The molecule has 2 atom stereocenters. The maximum Gasteiger partial charge on any atom is 0.416 e. The Kier molecular flexibility index (Phi) is 4.55. The summed E-state index contributed by atoms with van der Waals surface area (Å²) in [5.74, 6) is -0.549. The van der Waals surface area contributed by atoms with Crippen molar-refractivity contribution in [2.45, 2.75) is 25.1 Å². The largest absolute Gasteiger partial charge is 0.416 e. The highest BCUT2D eigenvalue weighted by Gasteiger charge is 2.44. The van der Waals surface area contributed by atoms with Gasteiger partial charge in [0.05, 0.1) is 17.3 Å². The van der Waals surface area contributed by atoms with Gasteiger partial charge < -0.3 is 5.32 Å². The number of aromatic nitrogens is 2. The lowest BCUT2D eigenvalue weighted by Gasteiger charge is -2.11. The average molecular weight is 409 g/mol. The SMILES string of the molecule is CNC(=O)[C@@H]1CC1c1cc(-c2ccc(C(F)(F)F)cc2)cc2c1cnn2C(F)F. The van der Waals surface area contributed by atoms with Crippen LogP contribution < -0.4 is 5.32 Å². The highest BCUT2D eigenvalue weighted by Crippen LogP contribution is 2.50. The number of hydrogen-bond donors (Lipinski definition) is 1. The van der Waals surface area contributed by atoms with Gasteiger partial charge in [-0.15, -0.1) is 0 Å². The Morgan fingerprint density at radius 2 is 1.86 bits per heavy atom. The summed E-state index contributed by atoms with van der Waals surface area (Å²) in [6.45, 7) is -2.86. The van der Waals surface area contributed by atoms with Crippen LogP contribution in [-0.2, 0) is 11.0 Å². The molecule has 9 heteroatoms. The van der Waals surface area contributed by atoms with E-state index in [0.29, 0.717) is 33.2 Å². The highest BCUT2D eigenvalue weighted by atomic mass is 19.4. The quantitative estimate of drug-likeness (QED) is 0.619. The zero-order valence-corrected chi connectivity index (χ0v) is 15.2. The molecule has 2 aromatic carbocycles. The van der Waals surface area contributed by atoms with Gasteiger partial charge in [0.1, 0.15) is 0 Å². The first-order valence-electron chi connectivity index (χ1n) is 8.89. The summed E-state index contributed by atoms with van der Waals surface area (Å²) < 4.78 is 65.8. The maximum absolute atomic E-state index is 13.4. The normalized spacial score (nSPS) is 19.0. The molecule has 0 radical (unpaired) electrons. The van der Waals surface area contributed by atoms with Crippen molar-refractivity contribution in [3.05, 3.63) is 53.7 Å². The van der Waals surface area contributed by atoms with E-state index in [1.807, 2.05) is 0 Å². The maximum atomic E-state index is 13.4. The fourth-order valence-electron chi connectivity index (χ4n) is 3.67. The van der Waals surface area contributed by atoms with Crippen molar-refractivity contribution in [1.29, 1.82) is 0 Å². The van der Waals surface area contributed by atoms with Gasteiger partial charge in [-0.25, -0.2) is 4.68 Å². The number of carbonyl (C=O) groups is 1. The third-order valence-electron chi connectivity index (χ3n) is 5.25. The number of carbonyl (C=O) groups excluding carboxylic acids is 1. The Labute approximate surface area is 162 Å². The number of nitrogens with one attached hydrogen (secondary N) is 1. The van der Waals surface area contributed by atoms with Gasteiger partial charge in [0, 0.05) is 18.4 Å². The van der Waals surface area contributed by atoms with Crippen molar-refractivity contribution >= 4 is 16.8 Å². The second-order valence-electron chi connectivity index (χ2n) is 7.00. The van der Waals surface area contributed by atoms with Gasteiger partial charge >= 0.3 is 12.7 Å². The fraction of sp³-hybridized carbons (Fsp3) is 0.300. The average Bonchev–Trinajstić information content (AvgIpc) is 3.36. The van der Waals surface area contributed by atoms with Gasteiger partial charge in [0.2, 0.25) is 5.91 Å². The lowest BCUT2D eigenvalue weighted by molar-refractivity contribution is -0.137. The van der Waals surface area contributed by atoms with E-state index in [0.717, 1.165) is 12.1 Å². The van der Waals surface area contributed by atoms with Crippen molar-refractivity contribution in [2.75, 3.05) is 7.05 Å². The monoisotopic (exact) mass is 409 g/mol. The lowest BCUT2D eigenvalue weighted by atomic mass is 9.96. The van der Waals surface area contributed by atoms with Crippen LogP contribution in [0.1, 0.15) is 30.0 Å². The minimum absolute atomic E-state index is 0.135. The lowest BCUT2D eigenvalue weighted by Crippen LogP contribution is -2.20. The molecule has 29 heavy (non-hydrogen) atoms. The number of hydrogen-bond acceptors (Lipinski definition) is 2. The molecule has 1 heterocycles. The van der Waals surface area contributed by atoms with E-state index < -0.39 is 18.3 Å². The first-order chi connectivity index (χ1) is 13.7. The fourth-order valence-corrected chi connectivity index (χ4v) is 3.67. The number of benzene rings is 2. The molecule has 1 amide bonds. The van der Waals surface area contributed by atoms with Gasteiger partial charge in [0.25, 0.3) is 0 Å². The molecular weight excluding hydrogens is 393 g/mol. The molecule has 1 unspecified atom stereocenters. The van der Waals surface area contributed by atoms with Crippen molar-refractivity contribution < 1.29 is 26.7 Å². The molecule has 1 aromatic heterocycles. The number of fused-ring (bicyclic) bond motifs is 1. The van der Waals surface area contributed by atoms with E-state index in [-0.39, 0.29) is 23.3 Å². The zero-order chi connectivity index (χ0) is 20.9. The first-order valence-corrected chi connectivity index (χ1v) is 8.89. The zero-order valence-electron chi connectivity index (χ0n) is 15.2. The Morgan fingerprint density at radius 1 is 1.17 bits per heavy atom. The van der Waals surface area contributed by atoms with Crippen LogP contribution in [0.5, 0.6) is 0 Å². The molecule has 0 aliphatic heterocycles. The number of amides is 1.